The lowest BCUT2D eigenvalue weighted by Gasteiger charge is -2.13. The zero-order valence-electron chi connectivity index (χ0n) is 12.4. The van der Waals surface area contributed by atoms with E-state index in [1.165, 1.54) is 16.7 Å². The molecule has 1 amide bonds. The van der Waals surface area contributed by atoms with Crippen LogP contribution in [0.5, 0.6) is 11.5 Å². The van der Waals surface area contributed by atoms with Crippen molar-refractivity contribution in [2.75, 3.05) is 26.9 Å². The minimum Gasteiger partial charge on any atom is -0.504 e. The molecule has 0 spiro atoms. The lowest BCUT2D eigenvalue weighted by Crippen LogP contribution is -2.31. The van der Waals surface area contributed by atoms with Crippen LogP contribution in [-0.2, 0) is 9.53 Å². The third-order valence-electron chi connectivity index (χ3n) is 3.01. The van der Waals surface area contributed by atoms with Gasteiger partial charge >= 0.3 is 0 Å². The SMILES string of the molecule is CCOc1cccc(/C=C2/SC(=S)N(CCOC)C2=O)c1O. The van der Waals surface area contributed by atoms with Crippen LogP contribution in [0.4, 0.5) is 0 Å². The van der Waals surface area contributed by atoms with E-state index in [9.17, 15) is 9.90 Å². The van der Waals surface area contributed by atoms with Crippen molar-refractivity contribution in [3.63, 3.8) is 0 Å². The molecule has 7 heteroatoms. The Kier molecular flexibility index (Phi) is 5.82. The van der Waals surface area contributed by atoms with Crippen LogP contribution in [0.1, 0.15) is 12.5 Å². The number of aromatic hydroxyl groups is 1. The number of phenols is 1. The molecule has 1 heterocycles. The van der Waals surface area contributed by atoms with Gasteiger partial charge in [-0.1, -0.05) is 36.1 Å². The summed E-state index contributed by atoms with van der Waals surface area (Å²) in [7, 11) is 1.57. The Labute approximate surface area is 138 Å². The van der Waals surface area contributed by atoms with E-state index in [-0.39, 0.29) is 11.7 Å². The van der Waals surface area contributed by atoms with Crippen LogP contribution in [-0.4, -0.2) is 47.1 Å². The number of phenolic OH excluding ortho intramolecular Hbond substituents is 1. The van der Waals surface area contributed by atoms with Gasteiger partial charge < -0.3 is 14.6 Å². The van der Waals surface area contributed by atoms with Crippen molar-refractivity contribution >= 4 is 40.3 Å². The molecule has 1 fully saturated rings. The summed E-state index contributed by atoms with van der Waals surface area (Å²) < 4.78 is 10.8. The Morgan fingerprint density at radius 3 is 2.91 bits per heavy atom. The molecule has 1 aliphatic rings. The third-order valence-corrected chi connectivity index (χ3v) is 4.39. The largest absolute Gasteiger partial charge is 0.504 e. The average molecular weight is 339 g/mol. The molecule has 1 saturated heterocycles. The van der Waals surface area contributed by atoms with E-state index >= 15 is 0 Å². The van der Waals surface area contributed by atoms with Crippen molar-refractivity contribution in [1.82, 2.24) is 4.90 Å². The third kappa shape index (κ3) is 3.60. The predicted octanol–water partition coefficient (Wildman–Crippen LogP) is 2.64. The fourth-order valence-electron chi connectivity index (χ4n) is 1.94. The number of nitrogens with zero attached hydrogens (tertiary/aromatic N) is 1. The summed E-state index contributed by atoms with van der Waals surface area (Å²) in [6, 6.07) is 5.17. The lowest BCUT2D eigenvalue weighted by atomic mass is 10.1. The molecule has 0 radical (unpaired) electrons. The number of hydrogen-bond donors (Lipinski definition) is 1. The Balaban J connectivity index is 2.25. The van der Waals surface area contributed by atoms with Crippen LogP contribution in [0, 0.1) is 0 Å². The van der Waals surface area contributed by atoms with E-state index < -0.39 is 0 Å². The fourth-order valence-corrected chi connectivity index (χ4v) is 3.24. The number of thioether (sulfide) groups is 1. The number of rotatable bonds is 6. The van der Waals surface area contributed by atoms with Gasteiger partial charge in [0.05, 0.1) is 24.7 Å². The van der Waals surface area contributed by atoms with Gasteiger partial charge in [-0.3, -0.25) is 9.69 Å². The van der Waals surface area contributed by atoms with Gasteiger partial charge in [-0.25, -0.2) is 0 Å². The number of carbonyl (C=O) groups excluding carboxylic acids is 1. The van der Waals surface area contributed by atoms with E-state index in [0.29, 0.717) is 40.3 Å². The Bertz CT molecular complexity index is 616. The van der Waals surface area contributed by atoms with Crippen LogP contribution >= 0.6 is 24.0 Å². The first-order chi connectivity index (χ1) is 10.6. The van der Waals surface area contributed by atoms with E-state index in [4.69, 9.17) is 21.7 Å². The second-order valence-corrected chi connectivity index (χ2v) is 6.13. The van der Waals surface area contributed by atoms with Crippen molar-refractivity contribution < 1.29 is 19.4 Å². The summed E-state index contributed by atoms with van der Waals surface area (Å²) in [6.07, 6.45) is 1.63. The molecule has 5 nitrogen and oxygen atoms in total. The van der Waals surface area contributed by atoms with Crippen molar-refractivity contribution in [1.29, 1.82) is 0 Å². The van der Waals surface area contributed by atoms with Crippen molar-refractivity contribution in [3.05, 3.63) is 28.7 Å². The fraction of sp³-hybridized carbons (Fsp3) is 0.333. The summed E-state index contributed by atoms with van der Waals surface area (Å²) in [5, 5.41) is 10.2. The minimum absolute atomic E-state index is 0.0199. The van der Waals surface area contributed by atoms with Crippen molar-refractivity contribution in [2.45, 2.75) is 6.92 Å². The average Bonchev–Trinajstić information content (AvgIpc) is 2.76. The summed E-state index contributed by atoms with van der Waals surface area (Å²) >= 11 is 6.43. The molecule has 0 aliphatic carbocycles. The standard InChI is InChI=1S/C15H17NO4S2/c1-3-20-11-6-4-5-10(13(11)17)9-12-14(18)16(7-8-19-2)15(21)22-12/h4-6,9,17H,3,7-8H2,1-2H3/b12-9+. The molecule has 0 atom stereocenters. The Morgan fingerprint density at radius 1 is 1.45 bits per heavy atom. The zero-order valence-corrected chi connectivity index (χ0v) is 14.0. The molecule has 118 valence electrons. The molecule has 0 bridgehead atoms. The molecule has 1 aromatic rings. The van der Waals surface area contributed by atoms with Gasteiger partial charge in [0, 0.05) is 12.7 Å². The number of thiocarbonyl (C=S) groups is 1. The maximum Gasteiger partial charge on any atom is 0.266 e. The molecular weight excluding hydrogens is 322 g/mol. The van der Waals surface area contributed by atoms with Gasteiger partial charge in [0.2, 0.25) is 0 Å². The van der Waals surface area contributed by atoms with Gasteiger partial charge in [-0.15, -0.1) is 0 Å². The second-order valence-electron chi connectivity index (χ2n) is 4.45. The molecule has 0 unspecified atom stereocenters. The molecule has 0 aromatic heterocycles. The Hall–Kier alpha value is -1.57. The van der Waals surface area contributed by atoms with Gasteiger partial charge in [0.1, 0.15) is 4.32 Å². The van der Waals surface area contributed by atoms with E-state index in [0.717, 1.165) is 0 Å². The number of hydrogen-bond acceptors (Lipinski definition) is 6. The van der Waals surface area contributed by atoms with Crippen LogP contribution in [0.15, 0.2) is 23.1 Å². The first-order valence-corrected chi connectivity index (χ1v) is 8.00. The monoisotopic (exact) mass is 339 g/mol. The molecule has 22 heavy (non-hydrogen) atoms. The first-order valence-electron chi connectivity index (χ1n) is 6.77. The van der Waals surface area contributed by atoms with Gasteiger partial charge in [-0.05, 0) is 19.1 Å². The zero-order chi connectivity index (χ0) is 16.1. The maximum atomic E-state index is 12.3. The lowest BCUT2D eigenvalue weighted by molar-refractivity contribution is -0.122. The summed E-state index contributed by atoms with van der Waals surface area (Å²) in [5.74, 6) is 0.242. The van der Waals surface area contributed by atoms with Crippen LogP contribution in [0.3, 0.4) is 0 Å². The van der Waals surface area contributed by atoms with Crippen LogP contribution in [0.2, 0.25) is 0 Å². The number of benzene rings is 1. The first kappa shape index (κ1) is 16.8. The quantitative estimate of drug-likeness (QED) is 0.635. The number of amides is 1. The maximum absolute atomic E-state index is 12.3. The highest BCUT2D eigenvalue weighted by atomic mass is 32.2. The predicted molar refractivity (Wildman–Crippen MR) is 91.0 cm³/mol. The summed E-state index contributed by atoms with van der Waals surface area (Å²) in [4.78, 5) is 14.3. The smallest absolute Gasteiger partial charge is 0.266 e. The number of methoxy groups -OCH3 is 1. The minimum atomic E-state index is -0.173. The van der Waals surface area contributed by atoms with E-state index in [1.807, 2.05) is 6.92 Å². The van der Waals surface area contributed by atoms with Gasteiger partial charge in [0.15, 0.2) is 11.5 Å². The molecule has 1 N–H and O–H groups in total. The molecule has 2 rings (SSSR count). The highest BCUT2D eigenvalue weighted by Crippen LogP contribution is 2.36. The topological polar surface area (TPSA) is 59.0 Å². The van der Waals surface area contributed by atoms with Crippen LogP contribution in [0.25, 0.3) is 6.08 Å². The van der Waals surface area contributed by atoms with Crippen molar-refractivity contribution in [3.8, 4) is 11.5 Å². The van der Waals surface area contributed by atoms with Crippen LogP contribution < -0.4 is 4.74 Å². The normalized spacial score (nSPS) is 16.6. The molecule has 1 aromatic carbocycles. The number of carbonyl (C=O) groups is 1. The van der Waals surface area contributed by atoms with E-state index in [2.05, 4.69) is 0 Å². The second kappa shape index (κ2) is 7.62. The molecule has 1 aliphatic heterocycles. The van der Waals surface area contributed by atoms with Crippen molar-refractivity contribution in [2.24, 2.45) is 0 Å². The van der Waals surface area contributed by atoms with E-state index in [1.54, 1.807) is 31.4 Å². The highest BCUT2D eigenvalue weighted by molar-refractivity contribution is 8.26. The molecular formula is C15H17NO4S2. The Morgan fingerprint density at radius 2 is 2.23 bits per heavy atom. The number of ether oxygens (including phenoxy) is 2. The summed E-state index contributed by atoms with van der Waals surface area (Å²) in [6.45, 7) is 3.14. The highest BCUT2D eigenvalue weighted by Gasteiger charge is 2.31. The number of para-hydroxylation sites is 1. The summed E-state index contributed by atoms with van der Waals surface area (Å²) in [5.41, 5.74) is 0.526. The molecule has 0 saturated carbocycles. The van der Waals surface area contributed by atoms with Gasteiger partial charge in [-0.2, -0.15) is 0 Å². The van der Waals surface area contributed by atoms with Gasteiger partial charge in [0.25, 0.3) is 5.91 Å².